The van der Waals surface area contributed by atoms with Gasteiger partial charge in [-0.1, -0.05) is 36.7 Å². The third kappa shape index (κ3) is 5.05. The monoisotopic (exact) mass is 418 g/mol. The molecule has 3 rings (SSSR count). The number of nitrogens with one attached hydrogen (secondary N) is 2. The van der Waals surface area contributed by atoms with Crippen LogP contribution in [-0.4, -0.2) is 22.0 Å². The van der Waals surface area contributed by atoms with Crippen LogP contribution in [0.3, 0.4) is 0 Å². The van der Waals surface area contributed by atoms with E-state index < -0.39 is 0 Å². The Bertz CT molecular complexity index is 986. The SMILES string of the molecule is CCCc1n[nH]c(=S)n1NCc1ccc(OCc2cccc(Cl)c2)c(OC)c1. The van der Waals surface area contributed by atoms with Gasteiger partial charge in [-0.25, -0.2) is 4.68 Å². The number of H-pyrrole nitrogens is 1. The summed E-state index contributed by atoms with van der Waals surface area (Å²) < 4.78 is 13.8. The molecule has 8 heteroatoms. The Morgan fingerprint density at radius 3 is 2.79 bits per heavy atom. The highest BCUT2D eigenvalue weighted by Gasteiger charge is 2.09. The highest BCUT2D eigenvalue weighted by atomic mass is 35.5. The molecule has 0 saturated carbocycles. The minimum atomic E-state index is 0.416. The van der Waals surface area contributed by atoms with Gasteiger partial charge in [-0.2, -0.15) is 5.10 Å². The number of ether oxygens (including phenoxy) is 2. The van der Waals surface area contributed by atoms with Crippen LogP contribution in [0.4, 0.5) is 0 Å². The van der Waals surface area contributed by atoms with Gasteiger partial charge < -0.3 is 14.9 Å². The number of aromatic amines is 1. The smallest absolute Gasteiger partial charge is 0.214 e. The number of nitrogens with zero attached hydrogens (tertiary/aromatic N) is 2. The molecule has 6 nitrogen and oxygen atoms in total. The number of aryl methyl sites for hydroxylation is 1. The summed E-state index contributed by atoms with van der Waals surface area (Å²) >= 11 is 11.3. The van der Waals surface area contributed by atoms with E-state index in [0.717, 1.165) is 29.8 Å². The molecule has 0 aliphatic heterocycles. The number of benzene rings is 2. The first-order valence-corrected chi connectivity index (χ1v) is 9.83. The van der Waals surface area contributed by atoms with E-state index in [1.165, 1.54) is 0 Å². The van der Waals surface area contributed by atoms with Gasteiger partial charge in [0.05, 0.1) is 13.7 Å². The van der Waals surface area contributed by atoms with E-state index in [4.69, 9.17) is 33.3 Å². The second kappa shape index (κ2) is 9.61. The summed E-state index contributed by atoms with van der Waals surface area (Å²) in [7, 11) is 1.63. The number of halogens is 1. The summed E-state index contributed by atoms with van der Waals surface area (Å²) in [6, 6.07) is 13.4. The molecule has 2 aromatic carbocycles. The number of aromatic nitrogens is 3. The molecule has 0 atom stereocenters. The van der Waals surface area contributed by atoms with Crippen molar-refractivity contribution in [1.29, 1.82) is 0 Å². The fraction of sp³-hybridized carbons (Fsp3) is 0.300. The van der Waals surface area contributed by atoms with E-state index in [-0.39, 0.29) is 0 Å². The summed E-state index contributed by atoms with van der Waals surface area (Å²) in [4.78, 5) is 0. The predicted octanol–water partition coefficient (Wildman–Crippen LogP) is 4.88. The van der Waals surface area contributed by atoms with Crippen LogP contribution in [0.25, 0.3) is 0 Å². The number of hydrogen-bond acceptors (Lipinski definition) is 5. The minimum absolute atomic E-state index is 0.416. The highest BCUT2D eigenvalue weighted by molar-refractivity contribution is 7.71. The number of methoxy groups -OCH3 is 1. The van der Waals surface area contributed by atoms with Gasteiger partial charge >= 0.3 is 0 Å². The van der Waals surface area contributed by atoms with E-state index in [0.29, 0.717) is 34.4 Å². The molecule has 0 amide bonds. The van der Waals surface area contributed by atoms with E-state index in [2.05, 4.69) is 22.5 Å². The first-order valence-electron chi connectivity index (χ1n) is 9.05. The average molecular weight is 419 g/mol. The fourth-order valence-electron chi connectivity index (χ4n) is 2.78. The summed E-state index contributed by atoms with van der Waals surface area (Å²) in [6.07, 6.45) is 1.84. The molecule has 1 aromatic heterocycles. The summed E-state index contributed by atoms with van der Waals surface area (Å²) in [5.41, 5.74) is 5.34. The minimum Gasteiger partial charge on any atom is -0.493 e. The summed E-state index contributed by atoms with van der Waals surface area (Å²) in [5, 5.41) is 7.77. The van der Waals surface area contributed by atoms with Crippen molar-refractivity contribution in [3.63, 3.8) is 0 Å². The summed E-state index contributed by atoms with van der Waals surface area (Å²) in [6.45, 7) is 3.10. The van der Waals surface area contributed by atoms with Crippen molar-refractivity contribution in [2.45, 2.75) is 32.9 Å². The molecular weight excluding hydrogens is 396 g/mol. The van der Waals surface area contributed by atoms with E-state index in [1.54, 1.807) is 7.11 Å². The van der Waals surface area contributed by atoms with Crippen molar-refractivity contribution in [1.82, 2.24) is 14.9 Å². The zero-order valence-corrected chi connectivity index (χ0v) is 17.4. The Balaban J connectivity index is 1.67. The van der Waals surface area contributed by atoms with Gasteiger partial charge in [-0.3, -0.25) is 5.10 Å². The zero-order chi connectivity index (χ0) is 19.9. The van der Waals surface area contributed by atoms with Crippen molar-refractivity contribution in [3.05, 3.63) is 69.2 Å². The Labute approximate surface area is 174 Å². The normalized spacial score (nSPS) is 10.7. The molecule has 0 unspecified atom stereocenters. The lowest BCUT2D eigenvalue weighted by Gasteiger charge is -2.14. The first-order chi connectivity index (χ1) is 13.6. The molecule has 0 fully saturated rings. The number of hydrogen-bond donors (Lipinski definition) is 2. The maximum atomic E-state index is 6.02. The van der Waals surface area contributed by atoms with Gasteiger partial charge in [0, 0.05) is 11.4 Å². The molecule has 0 bridgehead atoms. The van der Waals surface area contributed by atoms with Crippen molar-refractivity contribution in [3.8, 4) is 11.5 Å². The van der Waals surface area contributed by atoms with E-state index in [9.17, 15) is 0 Å². The fourth-order valence-corrected chi connectivity index (χ4v) is 3.21. The molecule has 0 saturated heterocycles. The molecule has 0 aliphatic carbocycles. The molecule has 1 heterocycles. The third-order valence-electron chi connectivity index (χ3n) is 4.17. The first kappa shape index (κ1) is 20.2. The van der Waals surface area contributed by atoms with Crippen LogP contribution in [0.5, 0.6) is 11.5 Å². The van der Waals surface area contributed by atoms with Crippen molar-refractivity contribution >= 4 is 23.8 Å². The Hall–Kier alpha value is -2.51. The molecule has 0 radical (unpaired) electrons. The van der Waals surface area contributed by atoms with E-state index >= 15 is 0 Å². The second-order valence-electron chi connectivity index (χ2n) is 6.27. The third-order valence-corrected chi connectivity index (χ3v) is 4.68. The van der Waals surface area contributed by atoms with Crippen molar-refractivity contribution in [2.24, 2.45) is 0 Å². The van der Waals surface area contributed by atoms with Crippen LogP contribution < -0.4 is 14.9 Å². The Morgan fingerprint density at radius 1 is 1.18 bits per heavy atom. The van der Waals surface area contributed by atoms with Crippen LogP contribution in [-0.2, 0) is 19.6 Å². The molecule has 2 N–H and O–H groups in total. The van der Waals surface area contributed by atoms with Crippen LogP contribution in [0.2, 0.25) is 5.02 Å². The molecule has 28 heavy (non-hydrogen) atoms. The Kier molecular flexibility index (Phi) is 6.95. The van der Waals surface area contributed by atoms with Gasteiger partial charge in [-0.15, -0.1) is 0 Å². The Morgan fingerprint density at radius 2 is 2.04 bits per heavy atom. The van der Waals surface area contributed by atoms with Crippen LogP contribution in [0.15, 0.2) is 42.5 Å². The second-order valence-corrected chi connectivity index (χ2v) is 7.09. The topological polar surface area (TPSA) is 64.1 Å². The summed E-state index contributed by atoms with van der Waals surface area (Å²) in [5.74, 6) is 2.24. The lowest BCUT2D eigenvalue weighted by molar-refractivity contribution is 0.284. The van der Waals surface area contributed by atoms with E-state index in [1.807, 2.05) is 47.1 Å². The zero-order valence-electron chi connectivity index (χ0n) is 15.9. The number of rotatable bonds is 9. The lowest BCUT2D eigenvalue weighted by Crippen LogP contribution is -2.17. The molecule has 0 aliphatic rings. The average Bonchev–Trinajstić information content (AvgIpc) is 3.05. The highest BCUT2D eigenvalue weighted by Crippen LogP contribution is 2.29. The van der Waals surface area contributed by atoms with Gasteiger partial charge in [0.1, 0.15) is 6.61 Å². The predicted molar refractivity (Wildman–Crippen MR) is 113 cm³/mol. The van der Waals surface area contributed by atoms with Gasteiger partial charge in [-0.05, 0) is 54.0 Å². The quantitative estimate of drug-likeness (QED) is 0.485. The largest absolute Gasteiger partial charge is 0.493 e. The molecule has 148 valence electrons. The van der Waals surface area contributed by atoms with Crippen LogP contribution in [0.1, 0.15) is 30.3 Å². The van der Waals surface area contributed by atoms with Crippen molar-refractivity contribution in [2.75, 3.05) is 12.5 Å². The molecular formula is C20H23ClN4O2S. The van der Waals surface area contributed by atoms with Crippen molar-refractivity contribution < 1.29 is 9.47 Å². The van der Waals surface area contributed by atoms with Crippen LogP contribution in [0, 0.1) is 4.77 Å². The van der Waals surface area contributed by atoms with Gasteiger partial charge in [0.2, 0.25) is 4.77 Å². The molecule has 3 aromatic rings. The standard InChI is InChI=1S/C20H23ClN4O2S/c1-3-5-19-23-24-20(28)25(19)22-12-14-8-9-17(18(11-14)26-2)27-13-15-6-4-7-16(21)10-15/h4,6-11,22H,3,5,12-13H2,1-2H3,(H,24,28). The van der Waals surface area contributed by atoms with Gasteiger partial charge in [0.25, 0.3) is 0 Å². The van der Waals surface area contributed by atoms with Gasteiger partial charge in [0.15, 0.2) is 17.3 Å². The lowest BCUT2D eigenvalue weighted by atomic mass is 10.2. The van der Waals surface area contributed by atoms with Crippen LogP contribution >= 0.6 is 23.8 Å². The maximum Gasteiger partial charge on any atom is 0.214 e. The molecule has 0 spiro atoms. The maximum absolute atomic E-state index is 6.02.